The van der Waals surface area contributed by atoms with Crippen LogP contribution in [0.4, 0.5) is 4.39 Å². The molecule has 3 N–H and O–H groups in total. The van der Waals surface area contributed by atoms with Crippen molar-refractivity contribution in [2.45, 2.75) is 64.3 Å². The summed E-state index contributed by atoms with van der Waals surface area (Å²) in [5.41, 5.74) is 3.53. The number of hydrazine groups is 1. The minimum Gasteiger partial charge on any atom is -0.271 e. The zero-order valence-corrected chi connectivity index (χ0v) is 13.9. The highest BCUT2D eigenvalue weighted by Crippen LogP contribution is 2.18. The van der Waals surface area contributed by atoms with Crippen LogP contribution in [-0.4, -0.2) is 6.04 Å². The summed E-state index contributed by atoms with van der Waals surface area (Å²) < 4.78 is 14.6. The van der Waals surface area contributed by atoms with Crippen LogP contribution in [0, 0.1) is 5.82 Å². The van der Waals surface area contributed by atoms with E-state index in [-0.39, 0.29) is 11.9 Å². The normalized spacial score (nSPS) is 12.6. The van der Waals surface area contributed by atoms with Crippen LogP contribution in [0.2, 0.25) is 0 Å². The van der Waals surface area contributed by atoms with Gasteiger partial charge in [-0.15, -0.1) is 0 Å². The lowest BCUT2D eigenvalue weighted by atomic mass is 10.00. The van der Waals surface area contributed by atoms with Crippen LogP contribution in [0.1, 0.15) is 57.4 Å². The summed E-state index contributed by atoms with van der Waals surface area (Å²) in [4.78, 5) is 0. The van der Waals surface area contributed by atoms with Gasteiger partial charge in [-0.1, -0.05) is 61.4 Å². The van der Waals surface area contributed by atoms with Crippen molar-refractivity contribution < 1.29 is 4.39 Å². The molecule has 0 spiro atoms. The van der Waals surface area contributed by atoms with E-state index < -0.39 is 0 Å². The fraction of sp³-hybridized carbons (Fsp3) is 0.625. The van der Waals surface area contributed by atoms with E-state index >= 15 is 0 Å². The number of unbranched alkanes of at least 4 members (excludes halogenated alkanes) is 5. The van der Waals surface area contributed by atoms with Crippen LogP contribution >= 0.6 is 15.9 Å². The second kappa shape index (κ2) is 10.3. The SMILES string of the molecule is CCCCCCCCC(Cc1cc(Br)ccc1F)NN. The van der Waals surface area contributed by atoms with E-state index in [1.54, 1.807) is 6.07 Å². The number of hydrogen-bond acceptors (Lipinski definition) is 2. The smallest absolute Gasteiger partial charge is 0.126 e. The van der Waals surface area contributed by atoms with Crippen LogP contribution in [0.25, 0.3) is 0 Å². The van der Waals surface area contributed by atoms with E-state index in [0.717, 1.165) is 17.3 Å². The molecule has 0 fully saturated rings. The Morgan fingerprint density at radius 2 is 1.90 bits per heavy atom. The van der Waals surface area contributed by atoms with Gasteiger partial charge in [0.15, 0.2) is 0 Å². The molecule has 1 aromatic rings. The molecule has 1 aromatic carbocycles. The molecule has 20 heavy (non-hydrogen) atoms. The van der Waals surface area contributed by atoms with Crippen LogP contribution < -0.4 is 11.3 Å². The van der Waals surface area contributed by atoms with Crippen molar-refractivity contribution in [2.75, 3.05) is 0 Å². The Morgan fingerprint density at radius 3 is 2.60 bits per heavy atom. The molecule has 0 aliphatic heterocycles. The molecule has 0 aliphatic rings. The van der Waals surface area contributed by atoms with E-state index in [2.05, 4.69) is 28.3 Å². The maximum absolute atomic E-state index is 13.7. The van der Waals surface area contributed by atoms with Gasteiger partial charge < -0.3 is 0 Å². The molecule has 1 atom stereocenters. The van der Waals surface area contributed by atoms with Crippen LogP contribution in [0.15, 0.2) is 22.7 Å². The lowest BCUT2D eigenvalue weighted by Crippen LogP contribution is -2.36. The number of rotatable bonds is 10. The summed E-state index contributed by atoms with van der Waals surface area (Å²) in [5, 5.41) is 0. The maximum atomic E-state index is 13.7. The highest BCUT2D eigenvalue weighted by Gasteiger charge is 2.11. The molecule has 0 radical (unpaired) electrons. The Labute approximate surface area is 130 Å². The van der Waals surface area contributed by atoms with Crippen LogP contribution in [0.5, 0.6) is 0 Å². The van der Waals surface area contributed by atoms with Crippen molar-refractivity contribution in [1.29, 1.82) is 0 Å². The van der Waals surface area contributed by atoms with Crippen LogP contribution in [0.3, 0.4) is 0 Å². The minimum atomic E-state index is -0.156. The first kappa shape index (κ1) is 17.6. The molecule has 0 aliphatic carbocycles. The van der Waals surface area contributed by atoms with Crippen molar-refractivity contribution >= 4 is 15.9 Å². The van der Waals surface area contributed by atoms with Crippen molar-refractivity contribution in [3.05, 3.63) is 34.1 Å². The highest BCUT2D eigenvalue weighted by molar-refractivity contribution is 9.10. The van der Waals surface area contributed by atoms with Gasteiger partial charge in [0.25, 0.3) is 0 Å². The molecule has 0 saturated carbocycles. The minimum absolute atomic E-state index is 0.143. The fourth-order valence-corrected chi connectivity index (χ4v) is 2.79. The predicted octanol–water partition coefficient (Wildman–Crippen LogP) is 4.71. The van der Waals surface area contributed by atoms with Gasteiger partial charge >= 0.3 is 0 Å². The highest BCUT2D eigenvalue weighted by atomic mass is 79.9. The molecular weight excluding hydrogens is 319 g/mol. The topological polar surface area (TPSA) is 38.0 Å². The summed E-state index contributed by atoms with van der Waals surface area (Å²) in [5.74, 6) is 5.43. The van der Waals surface area contributed by atoms with Gasteiger partial charge in [0.1, 0.15) is 5.82 Å². The number of benzene rings is 1. The van der Waals surface area contributed by atoms with Crippen molar-refractivity contribution in [1.82, 2.24) is 5.43 Å². The molecule has 0 aromatic heterocycles. The largest absolute Gasteiger partial charge is 0.271 e. The van der Waals surface area contributed by atoms with E-state index in [1.807, 2.05) is 6.07 Å². The monoisotopic (exact) mass is 344 g/mol. The average Bonchev–Trinajstić information content (AvgIpc) is 2.45. The number of halogens is 2. The fourth-order valence-electron chi connectivity index (χ4n) is 2.38. The molecule has 1 rings (SSSR count). The molecule has 0 saturated heterocycles. The first-order valence-corrected chi connectivity index (χ1v) is 8.36. The summed E-state index contributed by atoms with van der Waals surface area (Å²) in [7, 11) is 0. The third-order valence-electron chi connectivity index (χ3n) is 3.62. The van der Waals surface area contributed by atoms with E-state index in [4.69, 9.17) is 5.84 Å². The van der Waals surface area contributed by atoms with Crippen molar-refractivity contribution in [2.24, 2.45) is 5.84 Å². The first-order chi connectivity index (χ1) is 9.67. The van der Waals surface area contributed by atoms with E-state index in [9.17, 15) is 4.39 Å². The van der Waals surface area contributed by atoms with Gasteiger partial charge in [-0.25, -0.2) is 4.39 Å². The lowest BCUT2D eigenvalue weighted by Gasteiger charge is -2.16. The number of nitrogens with one attached hydrogen (secondary N) is 1. The first-order valence-electron chi connectivity index (χ1n) is 7.57. The zero-order chi connectivity index (χ0) is 14.8. The second-order valence-corrected chi connectivity index (χ2v) is 6.28. The van der Waals surface area contributed by atoms with E-state index in [1.165, 1.54) is 38.2 Å². The Balaban J connectivity index is 2.33. The van der Waals surface area contributed by atoms with Gasteiger partial charge in [-0.3, -0.25) is 11.3 Å². The van der Waals surface area contributed by atoms with Gasteiger partial charge in [-0.05, 0) is 36.6 Å². The predicted molar refractivity (Wildman–Crippen MR) is 86.9 cm³/mol. The van der Waals surface area contributed by atoms with Crippen molar-refractivity contribution in [3.8, 4) is 0 Å². The van der Waals surface area contributed by atoms with Crippen LogP contribution in [-0.2, 0) is 6.42 Å². The Morgan fingerprint density at radius 1 is 1.20 bits per heavy atom. The molecule has 0 heterocycles. The molecule has 0 bridgehead atoms. The zero-order valence-electron chi connectivity index (χ0n) is 12.3. The Kier molecular flexibility index (Phi) is 9.07. The van der Waals surface area contributed by atoms with E-state index in [0.29, 0.717) is 12.0 Å². The summed E-state index contributed by atoms with van der Waals surface area (Å²) >= 11 is 3.38. The van der Waals surface area contributed by atoms with Gasteiger partial charge in [0.05, 0.1) is 0 Å². The third-order valence-corrected chi connectivity index (χ3v) is 4.11. The van der Waals surface area contributed by atoms with Gasteiger partial charge in [0, 0.05) is 10.5 Å². The Hall–Kier alpha value is -0.450. The quantitative estimate of drug-likeness (QED) is 0.366. The van der Waals surface area contributed by atoms with Gasteiger partial charge in [-0.2, -0.15) is 0 Å². The lowest BCUT2D eigenvalue weighted by molar-refractivity contribution is 0.452. The molecule has 2 nitrogen and oxygen atoms in total. The molecule has 114 valence electrons. The number of nitrogens with two attached hydrogens (primary N) is 1. The summed E-state index contributed by atoms with van der Waals surface area (Å²) in [6, 6.07) is 5.20. The third kappa shape index (κ3) is 6.82. The molecular formula is C16H26BrFN2. The second-order valence-electron chi connectivity index (χ2n) is 5.36. The van der Waals surface area contributed by atoms with Crippen molar-refractivity contribution in [3.63, 3.8) is 0 Å². The summed E-state index contributed by atoms with van der Waals surface area (Å²) in [6.07, 6.45) is 9.21. The molecule has 0 amide bonds. The maximum Gasteiger partial charge on any atom is 0.126 e. The molecule has 1 unspecified atom stereocenters. The molecule has 4 heteroatoms. The average molecular weight is 345 g/mol. The Bertz CT molecular complexity index is 385. The van der Waals surface area contributed by atoms with Gasteiger partial charge in [0.2, 0.25) is 0 Å². The summed E-state index contributed by atoms with van der Waals surface area (Å²) in [6.45, 7) is 2.22. The standard InChI is InChI=1S/C16H26BrFN2/c1-2-3-4-5-6-7-8-15(20-19)12-13-11-14(17)9-10-16(13)18/h9-11,15,20H,2-8,12,19H2,1H3. The number of hydrogen-bond donors (Lipinski definition) is 2.